The van der Waals surface area contributed by atoms with E-state index < -0.39 is 21.7 Å². The van der Waals surface area contributed by atoms with Gasteiger partial charge in [-0.2, -0.15) is 0 Å². The number of rotatable bonds is 6. The summed E-state index contributed by atoms with van der Waals surface area (Å²) >= 11 is 0. The monoisotopic (exact) mass is 316 g/mol. The maximum absolute atomic E-state index is 13.4. The first kappa shape index (κ1) is 15.9. The predicted octanol–water partition coefficient (Wildman–Crippen LogP) is 0.724. The third-order valence-corrected chi connectivity index (χ3v) is 4.23. The molecule has 0 radical (unpaired) electrons. The zero-order valence-electron chi connectivity index (χ0n) is 11.6. The quantitative estimate of drug-likeness (QED) is 0.837. The van der Waals surface area contributed by atoms with E-state index in [9.17, 15) is 17.6 Å². The summed E-state index contributed by atoms with van der Waals surface area (Å²) in [6.07, 6.45) is 1.69. The van der Waals surface area contributed by atoms with Crippen molar-refractivity contribution in [3.8, 4) is 0 Å². The lowest BCUT2D eigenvalue weighted by Gasteiger charge is -2.23. The maximum atomic E-state index is 13.4. The Morgan fingerprint density at radius 3 is 2.67 bits per heavy atom. The molecular formula is C13H17FN2O4S. The maximum Gasteiger partial charge on any atom is 0.255 e. The minimum atomic E-state index is -4.10. The number of hydrogen-bond donors (Lipinski definition) is 1. The van der Waals surface area contributed by atoms with Crippen molar-refractivity contribution in [2.24, 2.45) is 5.14 Å². The Morgan fingerprint density at radius 1 is 1.48 bits per heavy atom. The van der Waals surface area contributed by atoms with E-state index in [1.807, 2.05) is 0 Å². The van der Waals surface area contributed by atoms with Gasteiger partial charge in [-0.1, -0.05) is 0 Å². The molecule has 1 saturated carbocycles. The second-order valence-electron chi connectivity index (χ2n) is 4.91. The fourth-order valence-corrected chi connectivity index (χ4v) is 2.81. The van der Waals surface area contributed by atoms with E-state index >= 15 is 0 Å². The van der Waals surface area contributed by atoms with Gasteiger partial charge in [0, 0.05) is 19.7 Å². The number of halogens is 1. The van der Waals surface area contributed by atoms with Crippen LogP contribution in [0.4, 0.5) is 4.39 Å². The second-order valence-corrected chi connectivity index (χ2v) is 6.44. The number of nitrogens with two attached hydrogens (primary N) is 1. The van der Waals surface area contributed by atoms with Crippen molar-refractivity contribution in [1.82, 2.24) is 4.90 Å². The van der Waals surface area contributed by atoms with Gasteiger partial charge in [-0.15, -0.1) is 0 Å². The third kappa shape index (κ3) is 3.78. The molecule has 1 aliphatic rings. The minimum Gasteiger partial charge on any atom is -0.383 e. The van der Waals surface area contributed by atoms with E-state index in [0.29, 0.717) is 13.2 Å². The highest BCUT2D eigenvalue weighted by Gasteiger charge is 2.34. The van der Waals surface area contributed by atoms with Crippen LogP contribution in [0.2, 0.25) is 0 Å². The molecule has 2 rings (SSSR count). The highest BCUT2D eigenvalue weighted by molar-refractivity contribution is 7.89. The molecule has 2 N–H and O–H groups in total. The van der Waals surface area contributed by atoms with Gasteiger partial charge in [-0.3, -0.25) is 4.79 Å². The molecule has 116 valence electrons. The number of amides is 1. The van der Waals surface area contributed by atoms with Crippen LogP contribution >= 0.6 is 0 Å². The van der Waals surface area contributed by atoms with Gasteiger partial charge in [-0.25, -0.2) is 17.9 Å². The number of carbonyl (C=O) groups is 1. The van der Waals surface area contributed by atoms with Crippen molar-refractivity contribution in [2.45, 2.75) is 23.8 Å². The fraction of sp³-hybridized carbons (Fsp3) is 0.462. The zero-order valence-corrected chi connectivity index (χ0v) is 12.4. The van der Waals surface area contributed by atoms with Gasteiger partial charge in [0.1, 0.15) is 5.82 Å². The van der Waals surface area contributed by atoms with Crippen molar-refractivity contribution in [3.05, 3.63) is 29.6 Å². The van der Waals surface area contributed by atoms with E-state index in [4.69, 9.17) is 9.88 Å². The van der Waals surface area contributed by atoms with Gasteiger partial charge in [0.15, 0.2) is 0 Å². The summed E-state index contributed by atoms with van der Waals surface area (Å²) in [5, 5.41) is 5.09. The molecule has 1 aromatic carbocycles. The Kier molecular flexibility index (Phi) is 4.60. The summed E-state index contributed by atoms with van der Waals surface area (Å²) in [7, 11) is -2.59. The van der Waals surface area contributed by atoms with Crippen LogP contribution in [0.15, 0.2) is 23.1 Å². The van der Waals surface area contributed by atoms with Gasteiger partial charge < -0.3 is 9.64 Å². The fourth-order valence-electron chi connectivity index (χ4n) is 2.10. The molecule has 0 unspecified atom stereocenters. The average molecular weight is 316 g/mol. The van der Waals surface area contributed by atoms with Crippen LogP contribution in [0.5, 0.6) is 0 Å². The van der Waals surface area contributed by atoms with Gasteiger partial charge >= 0.3 is 0 Å². The Hall–Kier alpha value is -1.51. The highest BCUT2D eigenvalue weighted by atomic mass is 32.2. The van der Waals surface area contributed by atoms with Crippen LogP contribution in [0.1, 0.15) is 23.2 Å². The third-order valence-electron chi connectivity index (χ3n) is 3.26. The number of hydrogen-bond acceptors (Lipinski definition) is 4. The lowest BCUT2D eigenvalue weighted by molar-refractivity contribution is 0.0676. The topological polar surface area (TPSA) is 89.7 Å². The lowest BCUT2D eigenvalue weighted by Crippen LogP contribution is -2.37. The first-order valence-corrected chi connectivity index (χ1v) is 8.01. The van der Waals surface area contributed by atoms with Crippen LogP contribution < -0.4 is 5.14 Å². The number of benzene rings is 1. The molecule has 8 heteroatoms. The molecule has 1 fully saturated rings. The van der Waals surface area contributed by atoms with E-state index in [-0.39, 0.29) is 16.5 Å². The molecule has 1 aliphatic carbocycles. The van der Waals surface area contributed by atoms with Gasteiger partial charge in [0.05, 0.1) is 17.1 Å². The van der Waals surface area contributed by atoms with E-state index in [0.717, 1.165) is 31.0 Å². The first-order valence-electron chi connectivity index (χ1n) is 6.47. The molecule has 0 bridgehead atoms. The smallest absolute Gasteiger partial charge is 0.255 e. The van der Waals surface area contributed by atoms with Crippen molar-refractivity contribution < 1.29 is 22.3 Å². The molecular weight excluding hydrogens is 299 g/mol. The van der Waals surface area contributed by atoms with Crippen molar-refractivity contribution in [1.29, 1.82) is 0 Å². The Morgan fingerprint density at radius 2 is 2.14 bits per heavy atom. The largest absolute Gasteiger partial charge is 0.383 e. The summed E-state index contributed by atoms with van der Waals surface area (Å²) in [6, 6.07) is 2.93. The van der Waals surface area contributed by atoms with Crippen molar-refractivity contribution in [2.75, 3.05) is 20.3 Å². The van der Waals surface area contributed by atoms with E-state index in [1.54, 1.807) is 0 Å². The Labute approximate surface area is 122 Å². The first-order chi connectivity index (χ1) is 9.84. The van der Waals surface area contributed by atoms with Crippen molar-refractivity contribution in [3.63, 3.8) is 0 Å². The second kappa shape index (κ2) is 6.08. The molecule has 0 saturated heterocycles. The summed E-state index contributed by atoms with van der Waals surface area (Å²) in [6.45, 7) is 0.642. The Balaban J connectivity index is 2.39. The lowest BCUT2D eigenvalue weighted by atomic mass is 10.2. The summed E-state index contributed by atoms with van der Waals surface area (Å²) < 4.78 is 41.4. The van der Waals surface area contributed by atoms with Crippen LogP contribution in [0, 0.1) is 5.82 Å². The molecule has 1 amide bonds. The molecule has 0 aromatic heterocycles. The van der Waals surface area contributed by atoms with E-state index in [1.165, 1.54) is 12.0 Å². The standard InChI is InChI=1S/C13H17FN2O4S/c1-20-7-6-16(10-3-4-10)13(17)11-8-9(14)2-5-12(11)21(15,18)19/h2,5,8,10H,3-4,6-7H2,1H3,(H2,15,18,19). The molecule has 0 aliphatic heterocycles. The predicted molar refractivity (Wildman–Crippen MR) is 73.7 cm³/mol. The van der Waals surface area contributed by atoms with Gasteiger partial charge in [0.25, 0.3) is 5.91 Å². The summed E-state index contributed by atoms with van der Waals surface area (Å²) in [4.78, 5) is 13.7. The van der Waals surface area contributed by atoms with Crippen LogP contribution in [-0.4, -0.2) is 45.5 Å². The average Bonchev–Trinajstić information content (AvgIpc) is 3.22. The normalized spacial score (nSPS) is 15.0. The number of ether oxygens (including phenoxy) is 1. The number of primary sulfonamides is 1. The van der Waals surface area contributed by atoms with Crippen LogP contribution in [0.25, 0.3) is 0 Å². The Bertz CT molecular complexity index is 644. The zero-order chi connectivity index (χ0) is 15.6. The molecule has 6 nitrogen and oxygen atoms in total. The molecule has 0 spiro atoms. The number of nitrogens with zero attached hydrogens (tertiary/aromatic N) is 1. The molecule has 0 atom stereocenters. The number of carbonyl (C=O) groups excluding carboxylic acids is 1. The minimum absolute atomic E-state index is 0.0456. The SMILES string of the molecule is COCCN(C(=O)c1cc(F)ccc1S(N)(=O)=O)C1CC1. The summed E-state index contributed by atoms with van der Waals surface area (Å²) in [5.41, 5.74) is -0.236. The van der Waals surface area contributed by atoms with Gasteiger partial charge in [0.2, 0.25) is 10.0 Å². The van der Waals surface area contributed by atoms with E-state index in [2.05, 4.69) is 0 Å². The molecule has 21 heavy (non-hydrogen) atoms. The van der Waals surface area contributed by atoms with Gasteiger partial charge in [-0.05, 0) is 31.0 Å². The number of sulfonamides is 1. The summed E-state index contributed by atoms with van der Waals surface area (Å²) in [5.74, 6) is -1.23. The van der Waals surface area contributed by atoms with Crippen LogP contribution in [-0.2, 0) is 14.8 Å². The molecule has 0 heterocycles. The highest BCUT2D eigenvalue weighted by Crippen LogP contribution is 2.29. The number of methoxy groups -OCH3 is 1. The molecule has 1 aromatic rings. The van der Waals surface area contributed by atoms with Crippen molar-refractivity contribution >= 4 is 15.9 Å². The van der Waals surface area contributed by atoms with Crippen LogP contribution in [0.3, 0.4) is 0 Å².